The van der Waals surface area contributed by atoms with E-state index in [1.165, 1.54) is 6.08 Å². The van der Waals surface area contributed by atoms with Crippen molar-refractivity contribution in [2.24, 2.45) is 0 Å². The van der Waals surface area contributed by atoms with Crippen molar-refractivity contribution in [1.82, 2.24) is 5.32 Å². The molecule has 4 amide bonds. The fourth-order valence-corrected chi connectivity index (χ4v) is 3.90. The van der Waals surface area contributed by atoms with Crippen molar-refractivity contribution in [2.75, 3.05) is 4.90 Å². The van der Waals surface area contributed by atoms with Gasteiger partial charge in [-0.25, -0.2) is 9.69 Å². The standard InChI is InChI=1S/C26H21ClN2O3/c1-16-7-12-23(17(2)13-16)29-25(31)21(24(30)28-26(29)32)15-19-10-8-18(9-11-19)14-20-5-3-4-6-22(20)27/h3-13,15H,14H2,1-2H3,(H,28,30,32)/b21-15+. The first-order valence-corrected chi connectivity index (χ1v) is 10.5. The van der Waals surface area contributed by atoms with Crippen LogP contribution in [0.4, 0.5) is 10.5 Å². The van der Waals surface area contributed by atoms with Crippen LogP contribution in [0.25, 0.3) is 6.08 Å². The van der Waals surface area contributed by atoms with E-state index in [0.717, 1.165) is 27.2 Å². The van der Waals surface area contributed by atoms with Gasteiger partial charge in [0.1, 0.15) is 5.57 Å². The number of aryl methyl sites for hydroxylation is 2. The van der Waals surface area contributed by atoms with Gasteiger partial charge in [-0.3, -0.25) is 14.9 Å². The average Bonchev–Trinajstić information content (AvgIpc) is 2.75. The summed E-state index contributed by atoms with van der Waals surface area (Å²) < 4.78 is 0. The summed E-state index contributed by atoms with van der Waals surface area (Å²) in [5, 5.41) is 2.97. The number of anilines is 1. The van der Waals surface area contributed by atoms with Crippen molar-refractivity contribution in [3.8, 4) is 0 Å². The first-order chi connectivity index (χ1) is 15.3. The van der Waals surface area contributed by atoms with E-state index in [1.54, 1.807) is 6.07 Å². The van der Waals surface area contributed by atoms with Gasteiger partial charge in [0.2, 0.25) is 0 Å². The van der Waals surface area contributed by atoms with Crippen molar-refractivity contribution >= 4 is 41.2 Å². The van der Waals surface area contributed by atoms with Crippen LogP contribution in [-0.2, 0) is 16.0 Å². The summed E-state index contributed by atoms with van der Waals surface area (Å²) in [7, 11) is 0. The van der Waals surface area contributed by atoms with E-state index in [2.05, 4.69) is 5.32 Å². The molecular weight excluding hydrogens is 424 g/mol. The Bertz CT molecular complexity index is 1260. The Morgan fingerprint density at radius 1 is 0.938 bits per heavy atom. The van der Waals surface area contributed by atoms with Crippen LogP contribution < -0.4 is 10.2 Å². The molecule has 0 spiro atoms. The molecule has 32 heavy (non-hydrogen) atoms. The molecule has 0 aromatic heterocycles. The molecule has 0 radical (unpaired) electrons. The summed E-state index contributed by atoms with van der Waals surface area (Å²) >= 11 is 6.24. The molecule has 4 rings (SSSR count). The number of imide groups is 2. The topological polar surface area (TPSA) is 66.5 Å². The molecular formula is C26H21ClN2O3. The molecule has 1 aliphatic rings. The fraction of sp³-hybridized carbons (Fsp3) is 0.115. The van der Waals surface area contributed by atoms with Crippen LogP contribution in [0.15, 0.2) is 72.3 Å². The Morgan fingerprint density at radius 3 is 2.34 bits per heavy atom. The van der Waals surface area contributed by atoms with Gasteiger partial charge in [0.15, 0.2) is 0 Å². The summed E-state index contributed by atoms with van der Waals surface area (Å²) in [6.45, 7) is 3.75. The minimum Gasteiger partial charge on any atom is -0.273 e. The van der Waals surface area contributed by atoms with Gasteiger partial charge < -0.3 is 0 Å². The van der Waals surface area contributed by atoms with Crippen molar-refractivity contribution in [3.63, 3.8) is 0 Å². The lowest BCUT2D eigenvalue weighted by atomic mass is 10.0. The van der Waals surface area contributed by atoms with E-state index in [4.69, 9.17) is 11.6 Å². The second kappa shape index (κ2) is 8.81. The smallest absolute Gasteiger partial charge is 0.273 e. The molecule has 1 aliphatic heterocycles. The van der Waals surface area contributed by atoms with Crippen LogP contribution in [0.5, 0.6) is 0 Å². The predicted molar refractivity (Wildman–Crippen MR) is 126 cm³/mol. The van der Waals surface area contributed by atoms with Gasteiger partial charge in [0.05, 0.1) is 5.69 Å². The van der Waals surface area contributed by atoms with Gasteiger partial charge in [-0.15, -0.1) is 0 Å². The van der Waals surface area contributed by atoms with Gasteiger partial charge in [-0.05, 0) is 60.7 Å². The van der Waals surface area contributed by atoms with Gasteiger partial charge in [-0.1, -0.05) is 71.8 Å². The summed E-state index contributed by atoms with van der Waals surface area (Å²) in [4.78, 5) is 39.0. The number of hydrogen-bond donors (Lipinski definition) is 1. The fourth-order valence-electron chi connectivity index (χ4n) is 3.69. The third kappa shape index (κ3) is 4.34. The van der Waals surface area contributed by atoms with E-state index in [0.29, 0.717) is 22.7 Å². The number of nitrogens with zero attached hydrogens (tertiary/aromatic N) is 1. The summed E-state index contributed by atoms with van der Waals surface area (Å²) in [5.41, 5.74) is 4.89. The monoisotopic (exact) mass is 444 g/mol. The second-order valence-corrected chi connectivity index (χ2v) is 8.16. The highest BCUT2D eigenvalue weighted by Crippen LogP contribution is 2.26. The van der Waals surface area contributed by atoms with Crippen molar-refractivity contribution < 1.29 is 14.4 Å². The zero-order valence-electron chi connectivity index (χ0n) is 17.7. The molecule has 6 heteroatoms. The number of amides is 4. The second-order valence-electron chi connectivity index (χ2n) is 7.76. The van der Waals surface area contributed by atoms with Gasteiger partial charge in [0.25, 0.3) is 11.8 Å². The molecule has 1 heterocycles. The van der Waals surface area contributed by atoms with Gasteiger partial charge in [-0.2, -0.15) is 0 Å². The maximum Gasteiger partial charge on any atom is 0.335 e. The Morgan fingerprint density at radius 2 is 1.66 bits per heavy atom. The molecule has 160 valence electrons. The number of rotatable bonds is 4. The first kappa shape index (κ1) is 21.5. The quantitative estimate of drug-likeness (QED) is 0.443. The Labute approximate surface area is 191 Å². The molecule has 1 saturated heterocycles. The van der Waals surface area contributed by atoms with Crippen LogP contribution in [0.3, 0.4) is 0 Å². The largest absolute Gasteiger partial charge is 0.335 e. The maximum absolute atomic E-state index is 13.1. The van der Waals surface area contributed by atoms with Crippen LogP contribution >= 0.6 is 11.6 Å². The lowest BCUT2D eigenvalue weighted by Crippen LogP contribution is -2.54. The molecule has 1 N–H and O–H groups in total. The molecule has 3 aromatic rings. The number of carbonyl (C=O) groups is 3. The lowest BCUT2D eigenvalue weighted by molar-refractivity contribution is -0.122. The van der Waals surface area contributed by atoms with Crippen LogP contribution in [0.2, 0.25) is 5.02 Å². The van der Waals surface area contributed by atoms with Gasteiger partial charge in [0, 0.05) is 5.02 Å². The Hall–Kier alpha value is -3.70. The molecule has 0 atom stereocenters. The van der Waals surface area contributed by atoms with E-state index in [-0.39, 0.29) is 5.57 Å². The third-order valence-corrected chi connectivity index (χ3v) is 5.71. The normalized spacial score (nSPS) is 15.3. The lowest BCUT2D eigenvalue weighted by Gasteiger charge is -2.27. The predicted octanol–water partition coefficient (Wildman–Crippen LogP) is 5.21. The Balaban J connectivity index is 1.61. The van der Waals surface area contributed by atoms with Crippen molar-refractivity contribution in [2.45, 2.75) is 20.3 Å². The number of halogens is 1. The molecule has 0 bridgehead atoms. The van der Waals surface area contributed by atoms with E-state index in [9.17, 15) is 14.4 Å². The molecule has 1 fully saturated rings. The van der Waals surface area contributed by atoms with Crippen LogP contribution in [0, 0.1) is 13.8 Å². The third-order valence-electron chi connectivity index (χ3n) is 5.34. The minimum atomic E-state index is -0.751. The van der Waals surface area contributed by atoms with Crippen molar-refractivity contribution in [3.05, 3.63) is 105 Å². The zero-order chi connectivity index (χ0) is 22.8. The summed E-state index contributed by atoms with van der Waals surface area (Å²) in [6.07, 6.45) is 2.17. The minimum absolute atomic E-state index is 0.0940. The number of carbonyl (C=O) groups excluding carboxylic acids is 3. The SMILES string of the molecule is Cc1ccc(N2C(=O)NC(=O)/C(=C\c3ccc(Cc4ccccc4Cl)cc3)C2=O)c(C)c1. The van der Waals surface area contributed by atoms with Crippen molar-refractivity contribution in [1.29, 1.82) is 0 Å². The maximum atomic E-state index is 13.1. The summed E-state index contributed by atoms with van der Waals surface area (Å²) in [5.74, 6) is -1.35. The molecule has 5 nitrogen and oxygen atoms in total. The van der Waals surface area contributed by atoms with Gasteiger partial charge >= 0.3 is 6.03 Å². The highest BCUT2D eigenvalue weighted by molar-refractivity contribution is 6.39. The number of hydrogen-bond acceptors (Lipinski definition) is 3. The number of benzene rings is 3. The molecule has 0 unspecified atom stereocenters. The zero-order valence-corrected chi connectivity index (χ0v) is 18.4. The number of urea groups is 1. The first-order valence-electron chi connectivity index (χ1n) is 10.1. The molecule has 0 aliphatic carbocycles. The van der Waals surface area contributed by atoms with E-state index < -0.39 is 17.8 Å². The Kier molecular flexibility index (Phi) is 5.93. The number of nitrogens with one attached hydrogen (secondary N) is 1. The average molecular weight is 445 g/mol. The molecule has 3 aromatic carbocycles. The van der Waals surface area contributed by atoms with E-state index in [1.807, 2.05) is 74.5 Å². The highest BCUT2D eigenvalue weighted by Gasteiger charge is 2.37. The highest BCUT2D eigenvalue weighted by atomic mass is 35.5. The summed E-state index contributed by atoms with van der Waals surface area (Å²) in [6, 6.07) is 19.8. The van der Waals surface area contributed by atoms with Crippen LogP contribution in [-0.4, -0.2) is 17.8 Å². The molecule has 0 saturated carbocycles. The van der Waals surface area contributed by atoms with E-state index >= 15 is 0 Å². The number of barbiturate groups is 1. The van der Waals surface area contributed by atoms with Crippen LogP contribution in [0.1, 0.15) is 27.8 Å².